The molecule has 0 bridgehead atoms. The van der Waals surface area contributed by atoms with Crippen LogP contribution in [0.1, 0.15) is 24.8 Å². The number of hydrogen-bond donors (Lipinski definition) is 1. The third-order valence-electron chi connectivity index (χ3n) is 2.90. The lowest BCUT2D eigenvalue weighted by atomic mass is 9.99. The monoisotopic (exact) mass is 205 g/mol. The normalized spacial score (nSPS) is 17.6. The quantitative estimate of drug-likeness (QED) is 0.754. The summed E-state index contributed by atoms with van der Waals surface area (Å²) >= 11 is 0. The van der Waals surface area contributed by atoms with E-state index in [1.54, 1.807) is 12.1 Å². The highest BCUT2D eigenvalue weighted by Gasteiger charge is 2.13. The van der Waals surface area contributed by atoms with Gasteiger partial charge in [-0.25, -0.2) is 4.39 Å². The molecule has 2 N–H and O–H groups in total. The zero-order chi connectivity index (χ0) is 10.7. The van der Waals surface area contributed by atoms with Gasteiger partial charge in [-0.15, -0.1) is 0 Å². The standard InChI is InChI=1S/C13H16FN/c14-12-7-3-4-10(8-12)9-13(15)11-5-1-2-6-11/h3-5,7-8,13H,1-2,6,9,15H2. The Bertz CT molecular complexity index is 371. The minimum Gasteiger partial charge on any atom is -0.324 e. The Morgan fingerprint density at radius 1 is 1.40 bits per heavy atom. The Hall–Kier alpha value is -1.15. The van der Waals surface area contributed by atoms with E-state index in [1.165, 1.54) is 18.1 Å². The largest absolute Gasteiger partial charge is 0.324 e. The van der Waals surface area contributed by atoms with Crippen molar-refractivity contribution in [2.24, 2.45) is 5.73 Å². The van der Waals surface area contributed by atoms with Crippen LogP contribution in [0.3, 0.4) is 0 Å². The number of nitrogens with two attached hydrogens (primary N) is 1. The van der Waals surface area contributed by atoms with Gasteiger partial charge in [-0.05, 0) is 43.4 Å². The predicted molar refractivity (Wildman–Crippen MR) is 60.0 cm³/mol. The van der Waals surface area contributed by atoms with Crippen LogP contribution in [0.2, 0.25) is 0 Å². The fraction of sp³-hybridized carbons (Fsp3) is 0.385. The van der Waals surface area contributed by atoms with Gasteiger partial charge in [0.05, 0.1) is 0 Å². The van der Waals surface area contributed by atoms with Gasteiger partial charge in [0.2, 0.25) is 0 Å². The van der Waals surface area contributed by atoms with Gasteiger partial charge in [0.15, 0.2) is 0 Å². The number of rotatable bonds is 3. The Balaban J connectivity index is 2.02. The highest BCUT2D eigenvalue weighted by molar-refractivity contribution is 5.22. The van der Waals surface area contributed by atoms with Gasteiger partial charge < -0.3 is 5.73 Å². The molecule has 0 aliphatic heterocycles. The van der Waals surface area contributed by atoms with E-state index in [0.717, 1.165) is 24.8 Å². The minimum absolute atomic E-state index is 0.0642. The second-order valence-corrected chi connectivity index (χ2v) is 4.11. The molecule has 0 fully saturated rings. The van der Waals surface area contributed by atoms with Crippen molar-refractivity contribution in [2.45, 2.75) is 31.7 Å². The highest BCUT2D eigenvalue weighted by Crippen LogP contribution is 2.21. The molecule has 1 aromatic carbocycles. The molecule has 0 saturated carbocycles. The van der Waals surface area contributed by atoms with Crippen LogP contribution in [-0.2, 0) is 6.42 Å². The summed E-state index contributed by atoms with van der Waals surface area (Å²) in [6, 6.07) is 6.76. The van der Waals surface area contributed by atoms with Crippen LogP contribution in [-0.4, -0.2) is 6.04 Å². The van der Waals surface area contributed by atoms with Gasteiger partial charge in [0, 0.05) is 6.04 Å². The molecule has 1 aliphatic rings. The van der Waals surface area contributed by atoms with Crippen LogP contribution in [0.4, 0.5) is 4.39 Å². The van der Waals surface area contributed by atoms with Crippen molar-refractivity contribution in [1.82, 2.24) is 0 Å². The molecule has 2 rings (SSSR count). The van der Waals surface area contributed by atoms with E-state index < -0.39 is 0 Å². The van der Waals surface area contributed by atoms with Crippen LogP contribution in [0.25, 0.3) is 0 Å². The maximum Gasteiger partial charge on any atom is 0.123 e. The molecular weight excluding hydrogens is 189 g/mol. The topological polar surface area (TPSA) is 26.0 Å². The van der Waals surface area contributed by atoms with Crippen LogP contribution < -0.4 is 5.73 Å². The zero-order valence-corrected chi connectivity index (χ0v) is 8.75. The van der Waals surface area contributed by atoms with E-state index >= 15 is 0 Å². The van der Waals surface area contributed by atoms with Crippen molar-refractivity contribution in [3.8, 4) is 0 Å². The van der Waals surface area contributed by atoms with Crippen molar-refractivity contribution >= 4 is 0 Å². The fourth-order valence-corrected chi connectivity index (χ4v) is 2.08. The zero-order valence-electron chi connectivity index (χ0n) is 8.75. The number of benzene rings is 1. The number of hydrogen-bond acceptors (Lipinski definition) is 1. The Kier molecular flexibility index (Phi) is 3.17. The molecule has 0 saturated heterocycles. The third-order valence-corrected chi connectivity index (χ3v) is 2.90. The summed E-state index contributed by atoms with van der Waals surface area (Å²) in [7, 11) is 0. The van der Waals surface area contributed by atoms with Gasteiger partial charge in [0.25, 0.3) is 0 Å². The van der Waals surface area contributed by atoms with Crippen LogP contribution in [0.5, 0.6) is 0 Å². The van der Waals surface area contributed by atoms with Gasteiger partial charge in [-0.1, -0.05) is 23.8 Å². The first-order chi connectivity index (χ1) is 7.25. The molecule has 0 spiro atoms. The average Bonchev–Trinajstić information content (AvgIpc) is 2.70. The molecule has 1 aromatic rings. The average molecular weight is 205 g/mol. The molecule has 80 valence electrons. The van der Waals surface area contributed by atoms with E-state index in [-0.39, 0.29) is 11.9 Å². The van der Waals surface area contributed by atoms with E-state index in [2.05, 4.69) is 6.08 Å². The number of allylic oxidation sites excluding steroid dienone is 1. The van der Waals surface area contributed by atoms with Crippen LogP contribution >= 0.6 is 0 Å². The van der Waals surface area contributed by atoms with Crippen LogP contribution in [0.15, 0.2) is 35.9 Å². The first kappa shape index (κ1) is 10.4. The molecule has 2 heteroatoms. The molecular formula is C13H16FN. The molecule has 0 heterocycles. The second kappa shape index (κ2) is 4.58. The fourth-order valence-electron chi connectivity index (χ4n) is 2.08. The molecule has 1 nitrogen and oxygen atoms in total. The molecule has 0 radical (unpaired) electrons. The molecule has 1 atom stereocenters. The van der Waals surface area contributed by atoms with Crippen molar-refractivity contribution in [1.29, 1.82) is 0 Å². The lowest BCUT2D eigenvalue weighted by Crippen LogP contribution is -2.24. The Labute approximate surface area is 89.8 Å². The first-order valence-electron chi connectivity index (χ1n) is 5.44. The van der Waals surface area contributed by atoms with E-state index in [4.69, 9.17) is 5.73 Å². The Morgan fingerprint density at radius 2 is 2.27 bits per heavy atom. The smallest absolute Gasteiger partial charge is 0.123 e. The summed E-state index contributed by atoms with van der Waals surface area (Å²) in [5, 5.41) is 0. The lowest BCUT2D eigenvalue weighted by molar-refractivity contribution is 0.623. The summed E-state index contributed by atoms with van der Waals surface area (Å²) in [4.78, 5) is 0. The summed E-state index contributed by atoms with van der Waals surface area (Å²) in [5.41, 5.74) is 8.38. The van der Waals surface area contributed by atoms with Crippen molar-refractivity contribution in [3.63, 3.8) is 0 Å². The van der Waals surface area contributed by atoms with E-state index in [1.807, 2.05) is 6.07 Å². The second-order valence-electron chi connectivity index (χ2n) is 4.11. The maximum atomic E-state index is 12.9. The summed E-state index contributed by atoms with van der Waals surface area (Å²) in [5.74, 6) is -0.180. The third kappa shape index (κ3) is 2.66. The summed E-state index contributed by atoms with van der Waals surface area (Å²) in [6.45, 7) is 0. The van der Waals surface area contributed by atoms with Gasteiger partial charge >= 0.3 is 0 Å². The van der Waals surface area contributed by atoms with Gasteiger partial charge in [-0.2, -0.15) is 0 Å². The molecule has 1 aliphatic carbocycles. The number of halogens is 1. The van der Waals surface area contributed by atoms with E-state index in [9.17, 15) is 4.39 Å². The van der Waals surface area contributed by atoms with Crippen molar-refractivity contribution in [2.75, 3.05) is 0 Å². The molecule has 1 unspecified atom stereocenters. The minimum atomic E-state index is -0.180. The maximum absolute atomic E-state index is 12.9. The molecule has 0 aromatic heterocycles. The summed E-state index contributed by atoms with van der Waals surface area (Å²) in [6.07, 6.45) is 6.43. The van der Waals surface area contributed by atoms with Gasteiger partial charge in [-0.3, -0.25) is 0 Å². The summed E-state index contributed by atoms with van der Waals surface area (Å²) < 4.78 is 12.9. The van der Waals surface area contributed by atoms with Crippen LogP contribution in [0, 0.1) is 5.82 Å². The van der Waals surface area contributed by atoms with Crippen molar-refractivity contribution < 1.29 is 4.39 Å². The molecule has 0 amide bonds. The lowest BCUT2D eigenvalue weighted by Gasteiger charge is -2.12. The Morgan fingerprint density at radius 3 is 2.93 bits per heavy atom. The highest BCUT2D eigenvalue weighted by atomic mass is 19.1. The van der Waals surface area contributed by atoms with E-state index in [0.29, 0.717) is 0 Å². The SMILES string of the molecule is NC(Cc1cccc(F)c1)C1=CCCC1. The van der Waals surface area contributed by atoms with Gasteiger partial charge in [0.1, 0.15) is 5.82 Å². The van der Waals surface area contributed by atoms with Crippen molar-refractivity contribution in [3.05, 3.63) is 47.3 Å². The molecule has 15 heavy (non-hydrogen) atoms. The predicted octanol–water partition coefficient (Wildman–Crippen LogP) is 2.81. The first-order valence-corrected chi connectivity index (χ1v) is 5.44.